The third-order valence-corrected chi connectivity index (χ3v) is 3.51. The Morgan fingerprint density at radius 3 is 2.45 bits per heavy atom. The minimum atomic E-state index is -0.836. The summed E-state index contributed by atoms with van der Waals surface area (Å²) in [5.74, 6) is 1.73. The Balaban J connectivity index is 2.23. The normalized spacial score (nSPS) is 11.5. The summed E-state index contributed by atoms with van der Waals surface area (Å²) in [7, 11) is 1.60. The van der Waals surface area contributed by atoms with E-state index in [0.717, 1.165) is 11.5 Å². The van der Waals surface area contributed by atoms with E-state index in [9.17, 15) is 9.59 Å². The van der Waals surface area contributed by atoms with Crippen LogP contribution in [0.25, 0.3) is 0 Å². The molecule has 0 aliphatic heterocycles. The first kappa shape index (κ1) is 16.2. The number of amides is 3. The van der Waals surface area contributed by atoms with E-state index in [0.29, 0.717) is 12.4 Å². The van der Waals surface area contributed by atoms with Crippen molar-refractivity contribution in [3.05, 3.63) is 24.3 Å². The van der Waals surface area contributed by atoms with Crippen LogP contribution in [0.15, 0.2) is 24.3 Å². The van der Waals surface area contributed by atoms with Crippen LogP contribution >= 0.6 is 11.8 Å². The first-order valence-electron chi connectivity index (χ1n) is 6.01. The lowest BCUT2D eigenvalue weighted by atomic mass is 10.3. The molecule has 20 heavy (non-hydrogen) atoms. The Kier molecular flexibility index (Phi) is 6.72. The van der Waals surface area contributed by atoms with Crippen LogP contribution in [0.3, 0.4) is 0 Å². The second-order valence-corrected chi connectivity index (χ2v) is 5.34. The number of nitrogens with two attached hydrogens (primary N) is 1. The highest BCUT2D eigenvalue weighted by Crippen LogP contribution is 2.17. The smallest absolute Gasteiger partial charge is 0.318 e. The molecular formula is C13H18N2O4S. The van der Waals surface area contributed by atoms with Gasteiger partial charge in [0.15, 0.2) is 0 Å². The monoisotopic (exact) mass is 298 g/mol. The lowest BCUT2D eigenvalue weighted by Gasteiger charge is -2.11. The van der Waals surface area contributed by atoms with Gasteiger partial charge in [-0.05, 0) is 31.2 Å². The fourth-order valence-electron chi connectivity index (χ4n) is 1.36. The molecule has 1 rings (SSSR count). The molecule has 0 unspecified atom stereocenters. The maximum Gasteiger partial charge on any atom is 0.318 e. The molecule has 0 fully saturated rings. The molecule has 0 aliphatic carbocycles. The molecule has 0 heterocycles. The minimum absolute atomic E-state index is 0.359. The van der Waals surface area contributed by atoms with E-state index in [2.05, 4.69) is 0 Å². The fourth-order valence-corrected chi connectivity index (χ4v) is 2.10. The van der Waals surface area contributed by atoms with E-state index < -0.39 is 11.9 Å². The molecule has 7 heteroatoms. The quantitative estimate of drug-likeness (QED) is 0.742. The first-order chi connectivity index (χ1) is 9.52. The number of benzene rings is 1. The van der Waals surface area contributed by atoms with Crippen molar-refractivity contribution in [1.82, 2.24) is 5.32 Å². The molecule has 110 valence electrons. The summed E-state index contributed by atoms with van der Waals surface area (Å²) in [6, 6.07) is 6.41. The Bertz CT molecular complexity index is 450. The maximum absolute atomic E-state index is 11.4. The van der Waals surface area contributed by atoms with E-state index in [1.54, 1.807) is 14.0 Å². The van der Waals surface area contributed by atoms with Crippen LogP contribution in [0.4, 0.5) is 4.79 Å². The Hall–Kier alpha value is -1.89. The topological polar surface area (TPSA) is 90.7 Å². The number of rotatable bonds is 7. The number of methoxy groups -OCH3 is 1. The van der Waals surface area contributed by atoms with Crippen LogP contribution in [0.5, 0.6) is 11.5 Å². The maximum atomic E-state index is 11.4. The average molecular weight is 298 g/mol. The molecule has 1 aromatic carbocycles. The van der Waals surface area contributed by atoms with Crippen molar-refractivity contribution in [1.29, 1.82) is 0 Å². The summed E-state index contributed by atoms with van der Waals surface area (Å²) in [4.78, 5) is 21.9. The zero-order chi connectivity index (χ0) is 15.0. The number of ether oxygens (including phenoxy) is 2. The SMILES string of the molecule is COc1ccc(OCCS[C@@H](C)C(=O)NC(N)=O)cc1. The second kappa shape index (κ2) is 8.31. The predicted octanol–water partition coefficient (Wildman–Crippen LogP) is 1.39. The summed E-state index contributed by atoms with van der Waals surface area (Å²) in [5.41, 5.74) is 4.87. The van der Waals surface area contributed by atoms with Crippen molar-refractivity contribution in [2.45, 2.75) is 12.2 Å². The molecule has 0 bridgehead atoms. The van der Waals surface area contributed by atoms with E-state index >= 15 is 0 Å². The third kappa shape index (κ3) is 5.83. The zero-order valence-electron chi connectivity index (χ0n) is 11.4. The standard InChI is InChI=1S/C13H18N2O4S/c1-9(12(16)15-13(14)17)20-8-7-19-11-5-3-10(18-2)4-6-11/h3-6,9H,7-8H2,1-2H3,(H3,14,15,16,17)/t9-/m0/s1. The van der Waals surface area contributed by atoms with Crippen LogP contribution in [0, 0.1) is 0 Å². The summed E-state index contributed by atoms with van der Waals surface area (Å²) in [5, 5.41) is 1.68. The lowest BCUT2D eigenvalue weighted by Crippen LogP contribution is -2.39. The second-order valence-electron chi connectivity index (χ2n) is 3.89. The van der Waals surface area contributed by atoms with Crippen molar-refractivity contribution < 1.29 is 19.1 Å². The highest BCUT2D eigenvalue weighted by Gasteiger charge is 2.14. The van der Waals surface area contributed by atoms with Gasteiger partial charge in [0.05, 0.1) is 19.0 Å². The average Bonchev–Trinajstić information content (AvgIpc) is 2.43. The molecule has 3 N–H and O–H groups in total. The van der Waals surface area contributed by atoms with Crippen molar-refractivity contribution in [3.63, 3.8) is 0 Å². The Morgan fingerprint density at radius 2 is 1.90 bits per heavy atom. The molecule has 0 saturated heterocycles. The van der Waals surface area contributed by atoms with Gasteiger partial charge in [-0.15, -0.1) is 11.8 Å². The van der Waals surface area contributed by atoms with Crippen LogP contribution in [-0.2, 0) is 4.79 Å². The highest BCUT2D eigenvalue weighted by molar-refractivity contribution is 8.00. The van der Waals surface area contributed by atoms with Crippen LogP contribution < -0.4 is 20.5 Å². The third-order valence-electron chi connectivity index (χ3n) is 2.39. The van der Waals surface area contributed by atoms with E-state index in [1.807, 2.05) is 29.6 Å². The zero-order valence-corrected chi connectivity index (χ0v) is 12.2. The van der Waals surface area contributed by atoms with E-state index in [1.165, 1.54) is 11.8 Å². The van der Waals surface area contributed by atoms with Crippen molar-refractivity contribution in [3.8, 4) is 11.5 Å². The number of carbonyl (C=O) groups excluding carboxylic acids is 2. The number of thioether (sulfide) groups is 1. The van der Waals surface area contributed by atoms with Crippen molar-refractivity contribution in [2.75, 3.05) is 19.5 Å². The van der Waals surface area contributed by atoms with Crippen molar-refractivity contribution in [2.24, 2.45) is 5.73 Å². The largest absolute Gasteiger partial charge is 0.497 e. The van der Waals surface area contributed by atoms with Gasteiger partial charge in [-0.1, -0.05) is 0 Å². The Labute approximate surface area is 122 Å². The van der Waals surface area contributed by atoms with Gasteiger partial charge in [0.25, 0.3) is 0 Å². The number of carbonyl (C=O) groups is 2. The van der Waals surface area contributed by atoms with Gasteiger partial charge in [-0.3, -0.25) is 10.1 Å². The fraction of sp³-hybridized carbons (Fsp3) is 0.385. The summed E-state index contributed by atoms with van der Waals surface area (Å²) < 4.78 is 10.6. The predicted molar refractivity (Wildman–Crippen MR) is 78.1 cm³/mol. The highest BCUT2D eigenvalue weighted by atomic mass is 32.2. The molecular weight excluding hydrogens is 280 g/mol. The van der Waals surface area contributed by atoms with Gasteiger partial charge in [-0.25, -0.2) is 4.79 Å². The summed E-state index contributed by atoms with van der Waals surface area (Å²) in [6.07, 6.45) is 0. The number of nitrogens with one attached hydrogen (secondary N) is 1. The lowest BCUT2D eigenvalue weighted by molar-refractivity contribution is -0.119. The van der Waals surface area contributed by atoms with Gasteiger partial charge >= 0.3 is 6.03 Å². The van der Waals surface area contributed by atoms with Gasteiger partial charge in [-0.2, -0.15) is 0 Å². The molecule has 0 spiro atoms. The molecule has 0 aromatic heterocycles. The molecule has 0 radical (unpaired) electrons. The number of primary amides is 1. The molecule has 0 aliphatic rings. The molecule has 1 atom stereocenters. The van der Waals surface area contributed by atoms with Gasteiger partial charge in [0.1, 0.15) is 11.5 Å². The van der Waals surface area contributed by atoms with Crippen molar-refractivity contribution >= 4 is 23.7 Å². The van der Waals surface area contributed by atoms with Gasteiger partial charge in [0.2, 0.25) is 5.91 Å². The molecule has 1 aromatic rings. The Morgan fingerprint density at radius 1 is 1.30 bits per heavy atom. The summed E-state index contributed by atoms with van der Waals surface area (Å²) >= 11 is 1.38. The number of urea groups is 1. The van der Waals surface area contributed by atoms with Gasteiger partial charge < -0.3 is 15.2 Å². The summed E-state index contributed by atoms with van der Waals surface area (Å²) in [6.45, 7) is 2.17. The minimum Gasteiger partial charge on any atom is -0.497 e. The van der Waals surface area contributed by atoms with Gasteiger partial charge in [0, 0.05) is 5.75 Å². The van der Waals surface area contributed by atoms with Crippen LogP contribution in [0.1, 0.15) is 6.92 Å². The van der Waals surface area contributed by atoms with E-state index in [4.69, 9.17) is 15.2 Å². The molecule has 0 saturated carbocycles. The van der Waals surface area contributed by atoms with Crippen LogP contribution in [-0.4, -0.2) is 36.7 Å². The number of imide groups is 1. The first-order valence-corrected chi connectivity index (χ1v) is 7.06. The number of hydrogen-bond donors (Lipinski definition) is 2. The van der Waals surface area contributed by atoms with Crippen LogP contribution in [0.2, 0.25) is 0 Å². The molecule has 3 amide bonds. The van der Waals surface area contributed by atoms with E-state index in [-0.39, 0.29) is 5.25 Å². The number of hydrogen-bond acceptors (Lipinski definition) is 5. The molecule has 6 nitrogen and oxygen atoms in total.